The van der Waals surface area contributed by atoms with Crippen LogP contribution in [0.25, 0.3) is 10.8 Å². The predicted octanol–water partition coefficient (Wildman–Crippen LogP) is 3.05. The van der Waals surface area contributed by atoms with Gasteiger partial charge in [0.2, 0.25) is 21.9 Å². The summed E-state index contributed by atoms with van der Waals surface area (Å²) in [6.45, 7) is 0.773. The van der Waals surface area contributed by atoms with Crippen LogP contribution in [-0.4, -0.2) is 80.2 Å². The molecular weight excluding hydrogens is 532 g/mol. The molecule has 1 aliphatic heterocycles. The van der Waals surface area contributed by atoms with Gasteiger partial charge >= 0.3 is 0 Å². The van der Waals surface area contributed by atoms with Crippen molar-refractivity contribution in [2.45, 2.75) is 61.7 Å². The summed E-state index contributed by atoms with van der Waals surface area (Å²) < 4.78 is 44.8. The highest BCUT2D eigenvalue weighted by Gasteiger charge is 2.52. The van der Waals surface area contributed by atoms with Gasteiger partial charge in [-0.25, -0.2) is 8.42 Å². The molecule has 1 saturated heterocycles. The number of amides is 1. The molecule has 1 aromatic heterocycles. The second-order valence-electron chi connectivity index (χ2n) is 9.85. The number of benzene rings is 1. The Kier molecular flexibility index (Phi) is 9.09. The van der Waals surface area contributed by atoms with Crippen LogP contribution in [0.5, 0.6) is 0 Å². The molecule has 0 bridgehead atoms. The van der Waals surface area contributed by atoms with Crippen LogP contribution in [-0.2, 0) is 24.3 Å². The normalized spacial score (nSPS) is 20.1. The molecule has 1 saturated carbocycles. The monoisotopic (exact) mass is 566 g/mol. The first-order valence-electron chi connectivity index (χ1n) is 12.8. The molecule has 1 amide bonds. The van der Waals surface area contributed by atoms with Crippen LogP contribution in [0, 0.1) is 0 Å². The Morgan fingerprint density at radius 1 is 1.26 bits per heavy atom. The Morgan fingerprint density at radius 2 is 2.03 bits per heavy atom. The van der Waals surface area contributed by atoms with Crippen molar-refractivity contribution in [3.63, 3.8) is 0 Å². The highest BCUT2D eigenvalue weighted by molar-refractivity contribution is 7.89. The molecule has 1 atom stereocenters. The van der Waals surface area contributed by atoms with Crippen molar-refractivity contribution in [2.75, 3.05) is 39.2 Å². The number of nitrogens with zero attached hydrogens (tertiary/aromatic N) is 4. The average molecular weight is 567 g/mol. The lowest BCUT2D eigenvalue weighted by atomic mass is 9.95. The topological polar surface area (TPSA) is 139 Å². The minimum absolute atomic E-state index is 0.0174. The Hall–Kier alpha value is -2.51. The zero-order valence-electron chi connectivity index (χ0n) is 21.7. The van der Waals surface area contributed by atoms with E-state index in [2.05, 4.69) is 14.8 Å². The molecule has 2 heterocycles. The largest absolute Gasteiger partial charge is 0.369 e. The molecule has 38 heavy (non-hydrogen) atoms. The van der Waals surface area contributed by atoms with E-state index in [0.717, 1.165) is 32.1 Å². The summed E-state index contributed by atoms with van der Waals surface area (Å²) in [7, 11) is -0.792. The van der Waals surface area contributed by atoms with E-state index in [1.54, 1.807) is 38.6 Å². The van der Waals surface area contributed by atoms with Crippen LogP contribution in [0.4, 0.5) is 5.69 Å². The number of guanidine groups is 1. The summed E-state index contributed by atoms with van der Waals surface area (Å²) >= 11 is 5.43. The number of carbonyl (C=O) groups is 1. The summed E-state index contributed by atoms with van der Waals surface area (Å²) in [6.07, 6.45) is 7.92. The molecule has 11 nitrogen and oxygen atoms in total. The second-order valence-corrected chi connectivity index (χ2v) is 11.9. The maximum Gasteiger partial charge on any atom is 0.244 e. The average Bonchev–Trinajstić information content (AvgIpc) is 3.41. The van der Waals surface area contributed by atoms with Crippen molar-refractivity contribution < 1.29 is 22.7 Å². The van der Waals surface area contributed by atoms with Gasteiger partial charge in [-0.15, -0.1) is 4.51 Å². The number of anilines is 1. The van der Waals surface area contributed by atoms with E-state index in [1.165, 1.54) is 15.3 Å². The molecule has 2 fully saturated rings. The van der Waals surface area contributed by atoms with Gasteiger partial charge in [0.15, 0.2) is 6.29 Å². The third-order valence-electron chi connectivity index (χ3n) is 7.12. The van der Waals surface area contributed by atoms with Crippen LogP contribution < -0.4 is 11.1 Å². The fraction of sp³-hybridized carbons (Fsp3) is 0.560. The molecule has 208 valence electrons. The Bertz CT molecular complexity index is 1280. The number of fused-ring (bicyclic) bond motifs is 1. The lowest BCUT2D eigenvalue weighted by molar-refractivity contribution is -0.165. The molecule has 0 radical (unpaired) electrons. The second kappa shape index (κ2) is 12.1. The van der Waals surface area contributed by atoms with Gasteiger partial charge < -0.3 is 25.4 Å². The van der Waals surface area contributed by atoms with Gasteiger partial charge in [0.1, 0.15) is 5.54 Å². The molecule has 1 aliphatic carbocycles. The maximum absolute atomic E-state index is 14.3. The number of likely N-dealkylation sites (N-methyl/N-ethyl adjacent to an activating group) is 1. The summed E-state index contributed by atoms with van der Waals surface area (Å²) in [6, 6.07) is 4.75. The first-order valence-corrected chi connectivity index (χ1v) is 14.5. The van der Waals surface area contributed by atoms with E-state index in [1.807, 2.05) is 0 Å². The van der Waals surface area contributed by atoms with E-state index in [-0.39, 0.29) is 36.2 Å². The Labute approximate surface area is 228 Å². The number of hydrogen-bond acceptors (Lipinski definition) is 7. The fourth-order valence-electron chi connectivity index (χ4n) is 5.32. The third-order valence-corrected chi connectivity index (χ3v) is 9.26. The standard InChI is InChI=1S/C25H35ClN6O5S/c1-31(2)23(33)25(10-4-5-11-25)32(12-14-37-22-7-3-6-13-36-22)38(34,35)19-8-9-20-18(15-19)16-28-17-21(20)29-24(27)30-26/h8-9,15-17,22H,3-7,10-14H2,1-2H3,(H3,27,29,30). The van der Waals surface area contributed by atoms with Crippen molar-refractivity contribution in [1.82, 2.24) is 14.2 Å². The van der Waals surface area contributed by atoms with Gasteiger partial charge in [-0.3, -0.25) is 9.78 Å². The number of pyridine rings is 1. The molecule has 2 aliphatic rings. The number of rotatable bonds is 9. The number of hydrogen-bond donors (Lipinski definition) is 2. The molecular formula is C25H35ClN6O5S. The lowest BCUT2D eigenvalue weighted by Gasteiger charge is -2.40. The van der Waals surface area contributed by atoms with Gasteiger partial charge in [0.25, 0.3) is 0 Å². The van der Waals surface area contributed by atoms with Crippen molar-refractivity contribution in [3.8, 4) is 0 Å². The number of aromatic nitrogens is 1. The van der Waals surface area contributed by atoms with Gasteiger partial charge in [-0.2, -0.15) is 4.31 Å². The number of carbonyl (C=O) groups excluding carboxylic acids is 1. The predicted molar refractivity (Wildman–Crippen MR) is 146 cm³/mol. The molecule has 2 aromatic rings. The van der Waals surface area contributed by atoms with Crippen molar-refractivity contribution in [1.29, 1.82) is 0 Å². The van der Waals surface area contributed by atoms with Crippen LogP contribution in [0.1, 0.15) is 44.9 Å². The van der Waals surface area contributed by atoms with Crippen molar-refractivity contribution in [2.24, 2.45) is 10.2 Å². The van der Waals surface area contributed by atoms with E-state index in [9.17, 15) is 13.2 Å². The maximum atomic E-state index is 14.3. The van der Waals surface area contributed by atoms with Crippen LogP contribution in [0.3, 0.4) is 0 Å². The summed E-state index contributed by atoms with van der Waals surface area (Å²) in [5, 5.41) is 4.11. The Balaban J connectivity index is 1.71. The quantitative estimate of drug-likeness (QED) is 0.349. The van der Waals surface area contributed by atoms with E-state index < -0.39 is 15.6 Å². The fourth-order valence-corrected chi connectivity index (χ4v) is 7.17. The minimum atomic E-state index is -4.11. The molecule has 1 unspecified atom stereocenters. The first-order chi connectivity index (χ1) is 18.2. The van der Waals surface area contributed by atoms with Crippen LogP contribution in [0.2, 0.25) is 0 Å². The molecule has 3 N–H and O–H groups in total. The van der Waals surface area contributed by atoms with Gasteiger partial charge in [-0.05, 0) is 44.2 Å². The van der Waals surface area contributed by atoms with Crippen molar-refractivity contribution in [3.05, 3.63) is 30.6 Å². The van der Waals surface area contributed by atoms with Crippen molar-refractivity contribution >= 4 is 50.1 Å². The zero-order valence-corrected chi connectivity index (χ0v) is 23.3. The van der Waals surface area contributed by atoms with Gasteiger partial charge in [-0.1, -0.05) is 18.9 Å². The number of nitrogens with two attached hydrogens (primary N) is 1. The van der Waals surface area contributed by atoms with Crippen LogP contribution in [0.15, 0.2) is 40.0 Å². The molecule has 0 spiro atoms. The van der Waals surface area contributed by atoms with Gasteiger partial charge in [0.05, 0.1) is 23.4 Å². The smallest absolute Gasteiger partial charge is 0.244 e. The summed E-state index contributed by atoms with van der Waals surface area (Å²) in [5.74, 6) is -0.242. The van der Waals surface area contributed by atoms with E-state index in [4.69, 9.17) is 27.0 Å². The summed E-state index contributed by atoms with van der Waals surface area (Å²) in [4.78, 5) is 19.3. The highest BCUT2D eigenvalue weighted by Crippen LogP contribution is 2.40. The van der Waals surface area contributed by atoms with Gasteiger partial charge in [0, 0.05) is 56.0 Å². The minimum Gasteiger partial charge on any atom is -0.369 e. The SMILES string of the molecule is CN(C)C(=O)C1(N(CCOC2CCCCO2)S(=O)(=O)c2ccc3c(NC(N)=NCl)cncc3c2)CCCC1. The Morgan fingerprint density at radius 3 is 2.68 bits per heavy atom. The first kappa shape index (κ1) is 28.5. The highest BCUT2D eigenvalue weighted by atomic mass is 35.5. The molecule has 1 aromatic carbocycles. The van der Waals surface area contributed by atoms with E-state index >= 15 is 0 Å². The summed E-state index contributed by atoms with van der Waals surface area (Å²) in [5.41, 5.74) is 5.04. The number of sulfonamides is 1. The number of halogens is 1. The van der Waals surface area contributed by atoms with E-state index in [0.29, 0.717) is 35.9 Å². The number of nitrogens with one attached hydrogen (secondary N) is 1. The third kappa shape index (κ3) is 5.89. The lowest BCUT2D eigenvalue weighted by Crippen LogP contribution is -2.59. The number of ether oxygens (including phenoxy) is 2. The molecule has 4 rings (SSSR count). The molecule has 13 heteroatoms. The zero-order chi connectivity index (χ0) is 27.3. The van der Waals surface area contributed by atoms with Crippen LogP contribution >= 0.6 is 11.8 Å².